The van der Waals surface area contributed by atoms with E-state index in [9.17, 15) is 0 Å². The number of H-pyrrole nitrogens is 1. The van der Waals surface area contributed by atoms with Gasteiger partial charge in [-0.2, -0.15) is 5.10 Å². The minimum Gasteiger partial charge on any atom is -0.263 e. The van der Waals surface area contributed by atoms with E-state index >= 15 is 0 Å². The lowest BCUT2D eigenvalue weighted by Gasteiger charge is -1.85. The molecule has 3 nitrogen and oxygen atoms in total. The van der Waals surface area contributed by atoms with Crippen LogP contribution in [0.4, 0.5) is 0 Å². The van der Waals surface area contributed by atoms with Crippen molar-refractivity contribution in [1.29, 1.82) is 0 Å². The van der Waals surface area contributed by atoms with Crippen molar-refractivity contribution < 1.29 is 0 Å². The fourth-order valence-corrected chi connectivity index (χ4v) is 2.02. The molecular weight excluding hydrogens is 182 g/mol. The van der Waals surface area contributed by atoms with Crippen molar-refractivity contribution in [3.05, 3.63) is 22.8 Å². The summed E-state index contributed by atoms with van der Waals surface area (Å²) in [4.78, 5) is 6.78. The molecule has 0 aromatic carbocycles. The highest BCUT2D eigenvalue weighted by atomic mass is 32.1. The molecule has 2 heterocycles. The second-order valence-electron chi connectivity index (χ2n) is 2.86. The molecule has 2 aromatic rings. The predicted octanol–water partition coefficient (Wildman–Crippen LogP) is 2.40. The summed E-state index contributed by atoms with van der Waals surface area (Å²) in [5.74, 6) is 1.67. The molecule has 0 aliphatic rings. The molecule has 0 atom stereocenters. The molecule has 13 heavy (non-hydrogen) atoms. The molecule has 0 fully saturated rings. The van der Waals surface area contributed by atoms with Gasteiger partial charge in [0.25, 0.3) is 0 Å². The minimum absolute atomic E-state index is 0.808. The van der Waals surface area contributed by atoms with Crippen LogP contribution in [0.1, 0.15) is 17.6 Å². The van der Waals surface area contributed by atoms with Crippen molar-refractivity contribution in [2.45, 2.75) is 20.3 Å². The van der Waals surface area contributed by atoms with Crippen molar-refractivity contribution in [3.63, 3.8) is 0 Å². The van der Waals surface area contributed by atoms with Gasteiger partial charge in [0.15, 0.2) is 5.82 Å². The van der Waals surface area contributed by atoms with Gasteiger partial charge in [-0.3, -0.25) is 5.10 Å². The summed E-state index contributed by atoms with van der Waals surface area (Å²) in [7, 11) is 0. The van der Waals surface area contributed by atoms with Crippen LogP contribution in [-0.4, -0.2) is 15.2 Å². The van der Waals surface area contributed by atoms with Gasteiger partial charge in [0.2, 0.25) is 0 Å². The Kier molecular flexibility index (Phi) is 2.14. The molecule has 0 aliphatic carbocycles. The number of aromatic amines is 1. The molecule has 0 radical (unpaired) electrons. The van der Waals surface area contributed by atoms with Crippen LogP contribution < -0.4 is 0 Å². The Balaban J connectivity index is 2.35. The lowest BCUT2D eigenvalue weighted by Crippen LogP contribution is -1.73. The summed E-state index contributed by atoms with van der Waals surface area (Å²) in [6.45, 7) is 4.06. The average Bonchev–Trinajstić information content (AvgIpc) is 2.71. The van der Waals surface area contributed by atoms with E-state index < -0.39 is 0 Å². The highest BCUT2D eigenvalue weighted by Crippen LogP contribution is 2.25. The van der Waals surface area contributed by atoms with E-state index in [1.807, 2.05) is 6.92 Å². The van der Waals surface area contributed by atoms with E-state index in [0.717, 1.165) is 22.9 Å². The van der Waals surface area contributed by atoms with Crippen LogP contribution in [-0.2, 0) is 6.42 Å². The molecule has 1 N–H and O–H groups in total. The first-order chi connectivity index (χ1) is 6.29. The Hall–Kier alpha value is -1.16. The molecule has 0 amide bonds. The van der Waals surface area contributed by atoms with E-state index in [4.69, 9.17) is 0 Å². The second kappa shape index (κ2) is 3.30. The van der Waals surface area contributed by atoms with E-state index in [0.29, 0.717) is 0 Å². The molecule has 0 saturated carbocycles. The average molecular weight is 193 g/mol. The van der Waals surface area contributed by atoms with Crippen molar-refractivity contribution in [1.82, 2.24) is 15.2 Å². The summed E-state index contributed by atoms with van der Waals surface area (Å²) in [6, 6.07) is 4.21. The number of nitrogens with zero attached hydrogens (tertiary/aromatic N) is 2. The fourth-order valence-electron chi connectivity index (χ4n) is 1.14. The second-order valence-corrected chi connectivity index (χ2v) is 4.03. The monoisotopic (exact) mass is 193 g/mol. The van der Waals surface area contributed by atoms with Crippen LogP contribution >= 0.6 is 11.3 Å². The first-order valence-corrected chi connectivity index (χ1v) is 5.09. The fraction of sp³-hybridized carbons (Fsp3) is 0.333. The van der Waals surface area contributed by atoms with Crippen molar-refractivity contribution in [2.75, 3.05) is 0 Å². The summed E-state index contributed by atoms with van der Waals surface area (Å²) < 4.78 is 0. The van der Waals surface area contributed by atoms with Crippen LogP contribution in [0, 0.1) is 6.92 Å². The number of rotatable bonds is 2. The largest absolute Gasteiger partial charge is 0.263 e. The maximum Gasteiger partial charge on any atom is 0.191 e. The van der Waals surface area contributed by atoms with Gasteiger partial charge in [0.1, 0.15) is 5.82 Å². The van der Waals surface area contributed by atoms with Crippen molar-refractivity contribution in [2.24, 2.45) is 0 Å². The molecule has 0 aliphatic heterocycles. The quantitative estimate of drug-likeness (QED) is 0.795. The number of nitrogens with one attached hydrogen (secondary N) is 1. The Bertz CT molecular complexity index is 402. The van der Waals surface area contributed by atoms with Gasteiger partial charge >= 0.3 is 0 Å². The molecule has 2 rings (SSSR count). The molecule has 68 valence electrons. The molecule has 0 spiro atoms. The number of hydrogen-bond donors (Lipinski definition) is 1. The smallest absolute Gasteiger partial charge is 0.191 e. The van der Waals surface area contributed by atoms with Gasteiger partial charge in [0.05, 0.1) is 4.88 Å². The van der Waals surface area contributed by atoms with Gasteiger partial charge in [0, 0.05) is 4.88 Å². The lowest BCUT2D eigenvalue weighted by molar-refractivity contribution is 1.04. The van der Waals surface area contributed by atoms with E-state index in [2.05, 4.69) is 34.2 Å². The van der Waals surface area contributed by atoms with Crippen LogP contribution in [0.5, 0.6) is 0 Å². The molecule has 0 saturated heterocycles. The highest BCUT2D eigenvalue weighted by Gasteiger charge is 2.05. The summed E-state index contributed by atoms with van der Waals surface area (Å²) >= 11 is 1.75. The Morgan fingerprint density at radius 3 is 2.85 bits per heavy atom. The number of aromatic nitrogens is 3. The van der Waals surface area contributed by atoms with Crippen molar-refractivity contribution >= 4 is 11.3 Å². The predicted molar refractivity (Wildman–Crippen MR) is 53.8 cm³/mol. The van der Waals surface area contributed by atoms with Gasteiger partial charge in [-0.1, -0.05) is 6.92 Å². The first kappa shape index (κ1) is 8.44. The van der Waals surface area contributed by atoms with E-state index in [-0.39, 0.29) is 0 Å². The third kappa shape index (κ3) is 1.62. The molecule has 4 heteroatoms. The van der Waals surface area contributed by atoms with Gasteiger partial charge in [-0.05, 0) is 25.5 Å². The minimum atomic E-state index is 0.808. The molecule has 0 unspecified atom stereocenters. The van der Waals surface area contributed by atoms with Crippen LogP contribution in [0.25, 0.3) is 10.7 Å². The summed E-state index contributed by atoms with van der Waals surface area (Å²) in [5, 5.41) is 6.95. The van der Waals surface area contributed by atoms with E-state index in [1.165, 1.54) is 4.88 Å². The van der Waals surface area contributed by atoms with Crippen LogP contribution in [0.15, 0.2) is 12.1 Å². The maximum atomic E-state index is 4.27. The summed E-state index contributed by atoms with van der Waals surface area (Å²) in [5.41, 5.74) is 0. The standard InChI is InChI=1S/C9H11N3S/c1-3-7-4-5-8(13-7)9-10-6(2)11-12-9/h4-5H,3H2,1-2H3,(H,10,11,12). The third-order valence-electron chi connectivity index (χ3n) is 1.83. The summed E-state index contributed by atoms with van der Waals surface area (Å²) in [6.07, 6.45) is 1.08. The van der Waals surface area contributed by atoms with Crippen molar-refractivity contribution in [3.8, 4) is 10.7 Å². The first-order valence-electron chi connectivity index (χ1n) is 4.27. The van der Waals surface area contributed by atoms with E-state index in [1.54, 1.807) is 11.3 Å². The zero-order valence-electron chi connectivity index (χ0n) is 7.66. The van der Waals surface area contributed by atoms with Gasteiger partial charge in [-0.15, -0.1) is 11.3 Å². The third-order valence-corrected chi connectivity index (χ3v) is 3.05. The number of aryl methyl sites for hydroxylation is 2. The topological polar surface area (TPSA) is 41.6 Å². The lowest BCUT2D eigenvalue weighted by atomic mass is 10.3. The Labute approximate surface area is 80.8 Å². The molecule has 0 bridgehead atoms. The van der Waals surface area contributed by atoms with Crippen LogP contribution in [0.2, 0.25) is 0 Å². The van der Waals surface area contributed by atoms with Gasteiger partial charge in [-0.25, -0.2) is 4.98 Å². The number of hydrogen-bond acceptors (Lipinski definition) is 3. The zero-order valence-corrected chi connectivity index (χ0v) is 8.48. The highest BCUT2D eigenvalue weighted by molar-refractivity contribution is 7.15. The SMILES string of the molecule is CCc1ccc(-c2n[nH]c(C)n2)s1. The molecule has 2 aromatic heterocycles. The van der Waals surface area contributed by atoms with Crippen LogP contribution in [0.3, 0.4) is 0 Å². The zero-order chi connectivity index (χ0) is 9.26. The molecular formula is C9H11N3S. The number of thiophene rings is 1. The maximum absolute atomic E-state index is 4.27. The Morgan fingerprint density at radius 2 is 2.31 bits per heavy atom. The van der Waals surface area contributed by atoms with Gasteiger partial charge < -0.3 is 0 Å². The normalized spacial score (nSPS) is 10.6. The Morgan fingerprint density at radius 1 is 1.46 bits per heavy atom.